The van der Waals surface area contributed by atoms with Crippen LogP contribution in [-0.2, 0) is 12.8 Å². The zero-order valence-electron chi connectivity index (χ0n) is 14.9. The van der Waals surface area contributed by atoms with E-state index >= 15 is 0 Å². The van der Waals surface area contributed by atoms with Crippen molar-refractivity contribution in [3.8, 4) is 5.69 Å². The fourth-order valence-corrected chi connectivity index (χ4v) is 3.38. The minimum Gasteiger partial charge on any atom is -0.367 e. The van der Waals surface area contributed by atoms with Crippen LogP contribution in [0.1, 0.15) is 42.0 Å². The highest BCUT2D eigenvalue weighted by atomic mass is 32.1. The van der Waals surface area contributed by atoms with E-state index in [1.807, 2.05) is 29.7 Å². The van der Waals surface area contributed by atoms with Crippen LogP contribution < -0.4 is 5.32 Å². The first-order chi connectivity index (χ1) is 12.2. The number of hydrogen-bond acceptors (Lipinski definition) is 4. The molecule has 0 aliphatic carbocycles. The Hall–Kier alpha value is -2.27. The third kappa shape index (κ3) is 3.56. The third-order valence-corrected chi connectivity index (χ3v) is 4.75. The lowest BCUT2D eigenvalue weighted by molar-refractivity contribution is 0.864. The summed E-state index contributed by atoms with van der Waals surface area (Å²) in [6.07, 6.45) is 1.95. The summed E-state index contributed by atoms with van der Waals surface area (Å²) < 4.78 is 2.05. The molecule has 130 valence electrons. The van der Waals surface area contributed by atoms with E-state index in [9.17, 15) is 0 Å². The summed E-state index contributed by atoms with van der Waals surface area (Å²) in [6, 6.07) is 16.6. The van der Waals surface area contributed by atoms with Gasteiger partial charge >= 0.3 is 0 Å². The lowest BCUT2D eigenvalue weighted by Gasteiger charge is -2.20. The third-order valence-electron chi connectivity index (χ3n) is 4.39. The summed E-state index contributed by atoms with van der Waals surface area (Å²) in [5, 5.41) is 11.9. The van der Waals surface area contributed by atoms with Gasteiger partial charge in [-0.1, -0.05) is 50.2 Å². The number of rotatable bonds is 6. The van der Waals surface area contributed by atoms with E-state index in [0.29, 0.717) is 0 Å². The van der Waals surface area contributed by atoms with Crippen LogP contribution >= 0.6 is 12.6 Å². The highest BCUT2D eigenvalue weighted by Gasteiger charge is 2.19. The van der Waals surface area contributed by atoms with E-state index in [0.717, 1.165) is 35.9 Å². The van der Waals surface area contributed by atoms with Gasteiger partial charge in [-0.3, -0.25) is 4.57 Å². The number of para-hydroxylation sites is 2. The van der Waals surface area contributed by atoms with Gasteiger partial charge in [0.05, 0.1) is 0 Å². The van der Waals surface area contributed by atoms with Gasteiger partial charge in [-0.2, -0.15) is 0 Å². The minimum absolute atomic E-state index is 0.251. The number of benzene rings is 2. The van der Waals surface area contributed by atoms with Gasteiger partial charge in [-0.25, -0.2) is 0 Å². The van der Waals surface area contributed by atoms with Gasteiger partial charge in [0, 0.05) is 11.4 Å². The van der Waals surface area contributed by atoms with Crippen molar-refractivity contribution in [2.75, 3.05) is 5.32 Å². The molecular weight excluding hydrogens is 328 g/mol. The van der Waals surface area contributed by atoms with Gasteiger partial charge in [-0.15, -0.1) is 22.8 Å². The van der Waals surface area contributed by atoms with E-state index in [1.165, 1.54) is 11.1 Å². The standard InChI is InChI=1S/C20H24N4S/c1-4-15-10-9-11-16(5-2)18(15)21-20(25)19-23-22-14(3)24(19)17-12-7-6-8-13-17/h6-13,20-21,25H,4-5H2,1-3H3. The van der Waals surface area contributed by atoms with Crippen LogP contribution in [0.5, 0.6) is 0 Å². The molecule has 1 atom stereocenters. The molecule has 0 saturated carbocycles. The molecule has 25 heavy (non-hydrogen) atoms. The molecule has 0 aliphatic heterocycles. The number of aryl methyl sites for hydroxylation is 3. The molecule has 0 radical (unpaired) electrons. The second kappa shape index (κ2) is 7.74. The Bertz CT molecular complexity index is 820. The molecular formula is C20H24N4S. The van der Waals surface area contributed by atoms with Gasteiger partial charge in [0.15, 0.2) is 5.82 Å². The summed E-state index contributed by atoms with van der Waals surface area (Å²) in [6.45, 7) is 6.30. The summed E-state index contributed by atoms with van der Waals surface area (Å²) in [7, 11) is 0. The van der Waals surface area contributed by atoms with Crippen molar-refractivity contribution in [3.63, 3.8) is 0 Å². The topological polar surface area (TPSA) is 42.7 Å². The summed E-state index contributed by atoms with van der Waals surface area (Å²) >= 11 is 4.80. The number of nitrogens with one attached hydrogen (secondary N) is 1. The Labute approximate surface area is 154 Å². The van der Waals surface area contributed by atoms with Crippen LogP contribution in [-0.4, -0.2) is 14.8 Å². The van der Waals surface area contributed by atoms with Gasteiger partial charge < -0.3 is 5.32 Å². The van der Waals surface area contributed by atoms with Crippen molar-refractivity contribution in [1.82, 2.24) is 14.8 Å². The van der Waals surface area contributed by atoms with E-state index in [1.54, 1.807) is 0 Å². The molecule has 0 spiro atoms. The Morgan fingerprint density at radius 1 is 0.960 bits per heavy atom. The molecule has 0 aliphatic rings. The average molecular weight is 353 g/mol. The second-order valence-corrected chi connectivity index (χ2v) is 6.50. The lowest BCUT2D eigenvalue weighted by atomic mass is 10.0. The maximum atomic E-state index is 4.80. The van der Waals surface area contributed by atoms with Crippen LogP contribution in [0.3, 0.4) is 0 Å². The average Bonchev–Trinajstić information content (AvgIpc) is 3.04. The number of aromatic nitrogens is 3. The van der Waals surface area contributed by atoms with Crippen molar-refractivity contribution >= 4 is 18.3 Å². The van der Waals surface area contributed by atoms with Crippen molar-refractivity contribution in [2.45, 2.75) is 39.0 Å². The zero-order valence-corrected chi connectivity index (χ0v) is 15.8. The van der Waals surface area contributed by atoms with E-state index < -0.39 is 0 Å². The van der Waals surface area contributed by atoms with Crippen molar-refractivity contribution in [3.05, 3.63) is 71.3 Å². The largest absolute Gasteiger partial charge is 0.367 e. The fourth-order valence-electron chi connectivity index (χ4n) is 3.08. The van der Waals surface area contributed by atoms with Crippen LogP contribution in [0.4, 0.5) is 5.69 Å². The summed E-state index contributed by atoms with van der Waals surface area (Å²) in [4.78, 5) is 0. The molecule has 1 heterocycles. The molecule has 3 aromatic rings. The molecule has 1 unspecified atom stereocenters. The first kappa shape index (κ1) is 17.5. The number of hydrogen-bond donors (Lipinski definition) is 2. The second-order valence-electron chi connectivity index (χ2n) is 5.98. The Balaban J connectivity index is 1.98. The smallest absolute Gasteiger partial charge is 0.170 e. The SMILES string of the molecule is CCc1cccc(CC)c1NC(S)c1nnc(C)n1-c1ccccc1. The number of anilines is 1. The first-order valence-corrected chi connectivity index (χ1v) is 9.20. The molecule has 0 amide bonds. The Morgan fingerprint density at radius 2 is 1.60 bits per heavy atom. The van der Waals surface area contributed by atoms with Crippen LogP contribution in [0, 0.1) is 6.92 Å². The van der Waals surface area contributed by atoms with Gasteiger partial charge in [0.1, 0.15) is 11.2 Å². The quantitative estimate of drug-likeness (QED) is 0.497. The molecule has 3 rings (SSSR count). The van der Waals surface area contributed by atoms with Crippen LogP contribution in [0.2, 0.25) is 0 Å². The molecule has 0 fully saturated rings. The molecule has 4 nitrogen and oxygen atoms in total. The highest BCUT2D eigenvalue weighted by Crippen LogP contribution is 2.29. The van der Waals surface area contributed by atoms with E-state index in [4.69, 9.17) is 12.6 Å². The lowest BCUT2D eigenvalue weighted by Crippen LogP contribution is -2.14. The van der Waals surface area contributed by atoms with Crippen molar-refractivity contribution in [1.29, 1.82) is 0 Å². The van der Waals surface area contributed by atoms with Crippen LogP contribution in [0.25, 0.3) is 5.69 Å². The molecule has 0 saturated heterocycles. The number of thiol groups is 1. The molecule has 2 aromatic carbocycles. The minimum atomic E-state index is -0.251. The van der Waals surface area contributed by atoms with Crippen molar-refractivity contribution in [2.24, 2.45) is 0 Å². The zero-order chi connectivity index (χ0) is 17.8. The monoisotopic (exact) mass is 352 g/mol. The predicted molar refractivity (Wildman–Crippen MR) is 107 cm³/mol. The summed E-state index contributed by atoms with van der Waals surface area (Å²) in [5.74, 6) is 1.64. The van der Waals surface area contributed by atoms with Crippen molar-refractivity contribution < 1.29 is 0 Å². The molecule has 1 N–H and O–H groups in total. The molecule has 0 bridgehead atoms. The highest BCUT2D eigenvalue weighted by molar-refractivity contribution is 7.80. The van der Waals surface area contributed by atoms with E-state index in [2.05, 4.69) is 59.7 Å². The Morgan fingerprint density at radius 3 is 2.20 bits per heavy atom. The molecule has 5 heteroatoms. The maximum Gasteiger partial charge on any atom is 0.170 e. The summed E-state index contributed by atoms with van der Waals surface area (Å²) in [5.41, 5.74) is 4.79. The fraction of sp³-hybridized carbons (Fsp3) is 0.300. The van der Waals surface area contributed by atoms with Gasteiger partial charge in [0.25, 0.3) is 0 Å². The molecule has 1 aromatic heterocycles. The van der Waals surface area contributed by atoms with Crippen LogP contribution in [0.15, 0.2) is 48.5 Å². The maximum absolute atomic E-state index is 4.80. The Kier molecular flexibility index (Phi) is 5.43. The van der Waals surface area contributed by atoms with Gasteiger partial charge in [-0.05, 0) is 43.0 Å². The van der Waals surface area contributed by atoms with Gasteiger partial charge in [0.2, 0.25) is 0 Å². The number of nitrogens with zero attached hydrogens (tertiary/aromatic N) is 3. The first-order valence-electron chi connectivity index (χ1n) is 8.68. The normalized spacial score (nSPS) is 12.2. The van der Waals surface area contributed by atoms with E-state index in [-0.39, 0.29) is 5.37 Å². The predicted octanol–water partition coefficient (Wildman–Crippen LogP) is 4.74.